The fourth-order valence-corrected chi connectivity index (χ4v) is 3.26. The van der Waals surface area contributed by atoms with Gasteiger partial charge in [0.05, 0.1) is 24.0 Å². The predicted molar refractivity (Wildman–Crippen MR) is 95.9 cm³/mol. The average Bonchev–Trinajstić information content (AvgIpc) is 3.39. The van der Waals surface area contributed by atoms with Gasteiger partial charge < -0.3 is 9.32 Å². The number of aromatic nitrogens is 6. The topological polar surface area (TPSA) is 103 Å². The first kappa shape index (κ1) is 20.0. The second kappa shape index (κ2) is 7.84. The van der Waals surface area contributed by atoms with E-state index in [1.165, 1.54) is 24.0 Å². The van der Waals surface area contributed by atoms with Gasteiger partial charge >= 0.3 is 6.43 Å². The summed E-state index contributed by atoms with van der Waals surface area (Å²) in [5.74, 6) is -0.872. The molecular weight excluding hydrogens is 403 g/mol. The second-order valence-corrected chi connectivity index (χ2v) is 7.06. The molecule has 1 aliphatic heterocycles. The van der Waals surface area contributed by atoms with Gasteiger partial charge in [0.2, 0.25) is 11.8 Å². The molecule has 9 nitrogen and oxygen atoms in total. The fraction of sp³-hybridized carbons (Fsp3) is 0.444. The van der Waals surface area contributed by atoms with E-state index in [9.17, 15) is 13.6 Å². The molecule has 0 spiro atoms. The molecule has 3 aromatic rings. The molecule has 1 fully saturated rings. The number of amides is 1. The zero-order chi connectivity index (χ0) is 21.3. The summed E-state index contributed by atoms with van der Waals surface area (Å²) in [6.07, 6.45) is 0.454. The van der Waals surface area contributed by atoms with Gasteiger partial charge in [-0.2, -0.15) is 8.78 Å². The van der Waals surface area contributed by atoms with Crippen LogP contribution >= 0.6 is 0 Å². The SMILES string of the molecule is CC(=O)N1CCC(F)(c2cn(Cc3ccc(-c4nnc(C(F)F)o4)cn3)nn2)CC1. The number of piperidine rings is 1. The number of hydrogen-bond donors (Lipinski definition) is 0. The standard InChI is InChI=1S/C18H18F3N7O2/c1-11(29)27-6-4-18(21,5-7-27)14-10-28(26-23-14)9-13-3-2-12(8-22-13)16-24-25-17(30-16)15(19)20/h2-3,8,10,15H,4-7,9H2,1H3. The Hall–Kier alpha value is -3.31. The number of nitrogens with zero attached hydrogens (tertiary/aromatic N) is 7. The third-order valence-corrected chi connectivity index (χ3v) is 5.02. The minimum atomic E-state index is -2.84. The maximum Gasteiger partial charge on any atom is 0.314 e. The van der Waals surface area contributed by atoms with E-state index >= 15 is 4.39 Å². The van der Waals surface area contributed by atoms with E-state index in [2.05, 4.69) is 25.5 Å². The molecule has 0 bridgehead atoms. The van der Waals surface area contributed by atoms with Crippen LogP contribution in [-0.2, 0) is 17.0 Å². The van der Waals surface area contributed by atoms with Crippen LogP contribution in [0.5, 0.6) is 0 Å². The monoisotopic (exact) mass is 421 g/mol. The summed E-state index contributed by atoms with van der Waals surface area (Å²) in [7, 11) is 0. The molecule has 0 N–H and O–H groups in total. The normalized spacial score (nSPS) is 16.2. The van der Waals surface area contributed by atoms with E-state index in [1.807, 2.05) is 0 Å². The summed E-state index contributed by atoms with van der Waals surface area (Å²) >= 11 is 0. The summed E-state index contributed by atoms with van der Waals surface area (Å²) in [5, 5.41) is 14.8. The molecule has 0 aliphatic carbocycles. The van der Waals surface area contributed by atoms with E-state index < -0.39 is 18.0 Å². The Morgan fingerprint density at radius 1 is 1.23 bits per heavy atom. The van der Waals surface area contributed by atoms with E-state index in [4.69, 9.17) is 4.42 Å². The fourth-order valence-electron chi connectivity index (χ4n) is 3.26. The van der Waals surface area contributed by atoms with Gasteiger partial charge in [0.15, 0.2) is 5.67 Å². The van der Waals surface area contributed by atoms with Crippen molar-refractivity contribution in [3.8, 4) is 11.5 Å². The molecule has 1 amide bonds. The lowest BCUT2D eigenvalue weighted by Gasteiger charge is -2.34. The molecule has 0 radical (unpaired) electrons. The number of hydrogen-bond acceptors (Lipinski definition) is 7. The lowest BCUT2D eigenvalue weighted by atomic mass is 9.90. The Morgan fingerprint density at radius 2 is 2.00 bits per heavy atom. The maximum absolute atomic E-state index is 15.2. The van der Waals surface area contributed by atoms with Gasteiger partial charge in [-0.05, 0) is 12.1 Å². The van der Waals surface area contributed by atoms with Crippen LogP contribution in [-0.4, -0.2) is 54.1 Å². The van der Waals surface area contributed by atoms with Gasteiger partial charge in [-0.25, -0.2) is 9.07 Å². The van der Waals surface area contributed by atoms with Crippen LogP contribution in [0.4, 0.5) is 13.2 Å². The lowest BCUT2D eigenvalue weighted by molar-refractivity contribution is -0.131. The van der Waals surface area contributed by atoms with Crippen molar-refractivity contribution >= 4 is 5.91 Å². The van der Waals surface area contributed by atoms with Crippen LogP contribution < -0.4 is 0 Å². The first-order valence-corrected chi connectivity index (χ1v) is 9.26. The first-order chi connectivity index (χ1) is 14.3. The minimum absolute atomic E-state index is 0.0522. The molecule has 4 heterocycles. The van der Waals surface area contributed by atoms with Gasteiger partial charge in [-0.15, -0.1) is 15.3 Å². The van der Waals surface area contributed by atoms with Crippen LogP contribution in [0.25, 0.3) is 11.5 Å². The molecule has 0 aromatic carbocycles. The second-order valence-electron chi connectivity index (χ2n) is 7.06. The molecule has 1 saturated heterocycles. The highest BCUT2D eigenvalue weighted by atomic mass is 19.3. The van der Waals surface area contributed by atoms with Crippen molar-refractivity contribution in [1.82, 2.24) is 35.1 Å². The van der Waals surface area contributed by atoms with Gasteiger partial charge in [-0.1, -0.05) is 5.21 Å². The Labute approximate surface area is 168 Å². The molecule has 1 aliphatic rings. The molecular formula is C18H18F3N7O2. The van der Waals surface area contributed by atoms with Crippen molar-refractivity contribution in [2.75, 3.05) is 13.1 Å². The molecule has 0 unspecified atom stereocenters. The van der Waals surface area contributed by atoms with Crippen molar-refractivity contribution in [2.45, 2.75) is 38.4 Å². The van der Waals surface area contributed by atoms with Crippen LogP contribution in [0.2, 0.25) is 0 Å². The highest BCUT2D eigenvalue weighted by Crippen LogP contribution is 2.35. The van der Waals surface area contributed by atoms with E-state index in [-0.39, 0.29) is 36.9 Å². The Balaban J connectivity index is 1.42. The van der Waals surface area contributed by atoms with Gasteiger partial charge in [0.1, 0.15) is 5.69 Å². The molecule has 0 saturated carbocycles. The van der Waals surface area contributed by atoms with Gasteiger partial charge in [0.25, 0.3) is 5.89 Å². The highest BCUT2D eigenvalue weighted by molar-refractivity contribution is 5.73. The Kier molecular flexibility index (Phi) is 5.22. The summed E-state index contributed by atoms with van der Waals surface area (Å²) in [6, 6.07) is 3.26. The average molecular weight is 421 g/mol. The van der Waals surface area contributed by atoms with E-state index in [0.717, 1.165) is 0 Å². The zero-order valence-corrected chi connectivity index (χ0v) is 16.0. The molecule has 4 rings (SSSR count). The van der Waals surface area contributed by atoms with Crippen molar-refractivity contribution in [1.29, 1.82) is 0 Å². The molecule has 158 valence electrons. The molecule has 12 heteroatoms. The molecule has 0 atom stereocenters. The number of carbonyl (C=O) groups is 1. The summed E-state index contributed by atoms with van der Waals surface area (Å²) in [4.78, 5) is 17.3. The van der Waals surface area contributed by atoms with Crippen molar-refractivity contribution < 1.29 is 22.4 Å². The van der Waals surface area contributed by atoms with Crippen molar-refractivity contribution in [3.63, 3.8) is 0 Å². The zero-order valence-electron chi connectivity index (χ0n) is 16.0. The summed E-state index contributed by atoms with van der Waals surface area (Å²) in [6.45, 7) is 2.39. The summed E-state index contributed by atoms with van der Waals surface area (Å²) in [5.41, 5.74) is -0.393. The summed E-state index contributed by atoms with van der Waals surface area (Å²) < 4.78 is 46.7. The number of likely N-dealkylation sites (tertiary alicyclic amines) is 1. The van der Waals surface area contributed by atoms with Crippen LogP contribution in [0, 0.1) is 0 Å². The number of carbonyl (C=O) groups excluding carboxylic acids is 1. The Bertz CT molecular complexity index is 1030. The quantitative estimate of drug-likeness (QED) is 0.624. The van der Waals surface area contributed by atoms with Crippen molar-refractivity contribution in [3.05, 3.63) is 41.8 Å². The molecule has 3 aromatic heterocycles. The maximum atomic E-state index is 15.2. The third-order valence-electron chi connectivity index (χ3n) is 5.02. The number of alkyl halides is 3. The van der Waals surface area contributed by atoms with Crippen LogP contribution in [0.3, 0.4) is 0 Å². The minimum Gasteiger partial charge on any atom is -0.415 e. The van der Waals surface area contributed by atoms with Crippen LogP contribution in [0.15, 0.2) is 28.9 Å². The Morgan fingerprint density at radius 3 is 2.60 bits per heavy atom. The lowest BCUT2D eigenvalue weighted by Crippen LogP contribution is -2.42. The smallest absolute Gasteiger partial charge is 0.314 e. The molecule has 30 heavy (non-hydrogen) atoms. The number of halogens is 3. The van der Waals surface area contributed by atoms with Gasteiger partial charge in [-0.3, -0.25) is 9.78 Å². The first-order valence-electron chi connectivity index (χ1n) is 9.26. The van der Waals surface area contributed by atoms with Gasteiger partial charge in [0, 0.05) is 39.1 Å². The largest absolute Gasteiger partial charge is 0.415 e. The van der Waals surface area contributed by atoms with Crippen molar-refractivity contribution in [2.24, 2.45) is 0 Å². The van der Waals surface area contributed by atoms with E-state index in [1.54, 1.807) is 17.0 Å². The number of pyridine rings is 1. The van der Waals surface area contributed by atoms with Crippen LogP contribution in [0.1, 0.15) is 43.5 Å². The third kappa shape index (κ3) is 4.02. The predicted octanol–water partition coefficient (Wildman–Crippen LogP) is 2.52. The highest BCUT2D eigenvalue weighted by Gasteiger charge is 2.39. The van der Waals surface area contributed by atoms with E-state index in [0.29, 0.717) is 24.3 Å². The number of rotatable bonds is 5.